The summed E-state index contributed by atoms with van der Waals surface area (Å²) in [6.07, 6.45) is 0. The molecule has 0 radical (unpaired) electrons. The fraction of sp³-hybridized carbons (Fsp3) is 1.00. The molecule has 0 bridgehead atoms. The largest absolute Gasteiger partial charge is 0.305 e. The van der Waals surface area contributed by atoms with Crippen LogP contribution >= 0.6 is 0 Å². The molecule has 0 rings (SSSR count). The van der Waals surface area contributed by atoms with Gasteiger partial charge in [0.25, 0.3) is 8.56 Å². The molecule has 0 aliphatic rings. The fourth-order valence-corrected chi connectivity index (χ4v) is 9.64. The quantitative estimate of drug-likeness (QED) is 0.662. The maximum atomic E-state index is 2.41. The lowest BCUT2D eigenvalue weighted by Crippen LogP contribution is -2.74. The minimum atomic E-state index is -1.73. The average molecular weight is 217 g/mol. The van der Waals surface area contributed by atoms with Crippen molar-refractivity contribution in [1.29, 1.82) is 0 Å². The Morgan fingerprint density at radius 1 is 0.643 bits per heavy atom. The number of nitrogens with zero attached hydrogens (tertiary/aromatic N) is 3. The first kappa shape index (κ1) is 14.1. The SMILES string of the molecule is CN(C)[Si](N(C)C)(N(C)C)C(C)(C)C. The molecular formula is C10H27N3Si. The molecule has 0 saturated heterocycles. The Labute approximate surface area is 90.9 Å². The Morgan fingerprint density at radius 2 is 0.857 bits per heavy atom. The molecule has 14 heavy (non-hydrogen) atoms. The van der Waals surface area contributed by atoms with Crippen LogP contribution in [-0.2, 0) is 0 Å². The monoisotopic (exact) mass is 217 g/mol. The van der Waals surface area contributed by atoms with E-state index in [1.165, 1.54) is 0 Å². The lowest BCUT2D eigenvalue weighted by atomic mass is 10.2. The maximum absolute atomic E-state index is 2.41. The molecule has 86 valence electrons. The Bertz CT molecular complexity index is 161. The molecular weight excluding hydrogens is 190 g/mol. The number of hydrogen-bond acceptors (Lipinski definition) is 3. The van der Waals surface area contributed by atoms with E-state index in [0.29, 0.717) is 5.04 Å². The van der Waals surface area contributed by atoms with Crippen LogP contribution in [0.25, 0.3) is 0 Å². The van der Waals surface area contributed by atoms with Gasteiger partial charge in [0.2, 0.25) is 0 Å². The van der Waals surface area contributed by atoms with E-state index in [0.717, 1.165) is 0 Å². The van der Waals surface area contributed by atoms with Gasteiger partial charge in [0.05, 0.1) is 0 Å². The van der Waals surface area contributed by atoms with Crippen LogP contribution < -0.4 is 0 Å². The minimum absolute atomic E-state index is 0.295. The van der Waals surface area contributed by atoms with Gasteiger partial charge in [-0.05, 0) is 47.3 Å². The molecule has 0 aromatic heterocycles. The van der Waals surface area contributed by atoms with Crippen molar-refractivity contribution < 1.29 is 0 Å². The van der Waals surface area contributed by atoms with Crippen molar-refractivity contribution in [3.63, 3.8) is 0 Å². The maximum Gasteiger partial charge on any atom is 0.293 e. The zero-order chi connectivity index (χ0) is 11.7. The van der Waals surface area contributed by atoms with Crippen LogP contribution in [0.2, 0.25) is 5.04 Å². The van der Waals surface area contributed by atoms with Crippen molar-refractivity contribution in [1.82, 2.24) is 13.7 Å². The fourth-order valence-electron chi connectivity index (χ4n) is 3.21. The highest BCUT2D eigenvalue weighted by atomic mass is 28.4. The van der Waals surface area contributed by atoms with Gasteiger partial charge in [-0.15, -0.1) is 0 Å². The van der Waals surface area contributed by atoms with E-state index in [-0.39, 0.29) is 0 Å². The highest BCUT2D eigenvalue weighted by Crippen LogP contribution is 2.39. The van der Waals surface area contributed by atoms with E-state index in [2.05, 4.69) is 76.8 Å². The summed E-state index contributed by atoms with van der Waals surface area (Å²) in [6, 6.07) is 0. The van der Waals surface area contributed by atoms with Crippen molar-refractivity contribution in [3.05, 3.63) is 0 Å². The first-order valence-corrected chi connectivity index (χ1v) is 6.95. The van der Waals surface area contributed by atoms with Crippen molar-refractivity contribution in [2.45, 2.75) is 25.8 Å². The molecule has 3 nitrogen and oxygen atoms in total. The lowest BCUT2D eigenvalue weighted by molar-refractivity contribution is 0.333. The molecule has 0 spiro atoms. The van der Waals surface area contributed by atoms with Crippen molar-refractivity contribution in [3.8, 4) is 0 Å². The van der Waals surface area contributed by atoms with Gasteiger partial charge in [-0.1, -0.05) is 20.8 Å². The van der Waals surface area contributed by atoms with Crippen molar-refractivity contribution >= 4 is 8.56 Å². The molecule has 0 fully saturated rings. The summed E-state index contributed by atoms with van der Waals surface area (Å²) in [5.41, 5.74) is 0. The van der Waals surface area contributed by atoms with Crippen molar-refractivity contribution in [2.75, 3.05) is 42.3 Å². The Kier molecular flexibility index (Phi) is 4.34. The zero-order valence-electron chi connectivity index (χ0n) is 11.3. The van der Waals surface area contributed by atoms with Gasteiger partial charge in [-0.2, -0.15) is 0 Å². The molecule has 0 heterocycles. The van der Waals surface area contributed by atoms with Crippen LogP contribution in [0.15, 0.2) is 0 Å². The second-order valence-electron chi connectivity index (χ2n) is 5.57. The Balaban J connectivity index is 5.40. The molecule has 0 amide bonds. The van der Waals surface area contributed by atoms with Crippen LogP contribution in [0.1, 0.15) is 20.8 Å². The molecule has 0 unspecified atom stereocenters. The van der Waals surface area contributed by atoms with Gasteiger partial charge in [0.15, 0.2) is 0 Å². The van der Waals surface area contributed by atoms with Gasteiger partial charge in [-0.3, -0.25) is 0 Å². The average Bonchev–Trinajstić information content (AvgIpc) is 1.79. The van der Waals surface area contributed by atoms with Crippen LogP contribution in [0.3, 0.4) is 0 Å². The summed E-state index contributed by atoms with van der Waals surface area (Å²) in [4.78, 5) is 0. The summed E-state index contributed by atoms with van der Waals surface area (Å²) in [6.45, 7) is 7.00. The number of rotatable bonds is 3. The second-order valence-corrected chi connectivity index (χ2v) is 11.0. The number of hydrogen-bond donors (Lipinski definition) is 0. The summed E-state index contributed by atoms with van der Waals surface area (Å²) in [7, 11) is 11.4. The third-order valence-corrected chi connectivity index (χ3v) is 8.63. The molecule has 0 aliphatic heterocycles. The van der Waals surface area contributed by atoms with Gasteiger partial charge < -0.3 is 13.7 Å². The highest BCUT2D eigenvalue weighted by molar-refractivity contribution is 6.74. The molecule has 0 aliphatic carbocycles. The third kappa shape index (κ3) is 2.03. The smallest absolute Gasteiger partial charge is 0.293 e. The molecule has 0 saturated carbocycles. The van der Waals surface area contributed by atoms with Crippen LogP contribution in [0, 0.1) is 0 Å². The van der Waals surface area contributed by atoms with E-state index in [1.54, 1.807) is 0 Å². The van der Waals surface area contributed by atoms with E-state index >= 15 is 0 Å². The van der Waals surface area contributed by atoms with Gasteiger partial charge in [0.1, 0.15) is 0 Å². The van der Waals surface area contributed by atoms with E-state index in [4.69, 9.17) is 0 Å². The van der Waals surface area contributed by atoms with Crippen LogP contribution in [-0.4, -0.2) is 64.5 Å². The molecule has 0 N–H and O–H groups in total. The molecule has 0 aromatic rings. The van der Waals surface area contributed by atoms with Gasteiger partial charge >= 0.3 is 0 Å². The summed E-state index contributed by atoms with van der Waals surface area (Å²) in [5, 5.41) is 0.295. The Hall–Kier alpha value is 0.0969. The topological polar surface area (TPSA) is 9.72 Å². The molecule has 4 heteroatoms. The third-order valence-electron chi connectivity index (χ3n) is 2.88. The molecule has 0 atom stereocenters. The van der Waals surface area contributed by atoms with Crippen LogP contribution in [0.4, 0.5) is 0 Å². The summed E-state index contributed by atoms with van der Waals surface area (Å²) >= 11 is 0. The van der Waals surface area contributed by atoms with Gasteiger partial charge in [-0.25, -0.2) is 0 Å². The Morgan fingerprint density at radius 3 is 0.857 bits per heavy atom. The van der Waals surface area contributed by atoms with E-state index in [1.807, 2.05) is 0 Å². The second kappa shape index (κ2) is 4.31. The normalized spacial score (nSPS) is 14.6. The predicted octanol–water partition coefficient (Wildman–Crippen LogP) is 1.41. The first-order valence-electron chi connectivity index (χ1n) is 5.10. The standard InChI is InChI=1S/C10H27N3Si/c1-10(2,3)14(11(4)5,12(6)7)13(8)9/h1-9H3. The first-order chi connectivity index (χ1) is 6.08. The summed E-state index contributed by atoms with van der Waals surface area (Å²) in [5.74, 6) is 0. The highest BCUT2D eigenvalue weighted by Gasteiger charge is 2.52. The minimum Gasteiger partial charge on any atom is -0.305 e. The lowest BCUT2D eigenvalue weighted by Gasteiger charge is -2.54. The predicted molar refractivity (Wildman–Crippen MR) is 66.5 cm³/mol. The summed E-state index contributed by atoms with van der Waals surface area (Å²) < 4.78 is 7.23. The van der Waals surface area contributed by atoms with Crippen LogP contribution in [0.5, 0.6) is 0 Å². The van der Waals surface area contributed by atoms with Gasteiger partial charge in [0, 0.05) is 0 Å². The van der Waals surface area contributed by atoms with Crippen molar-refractivity contribution in [2.24, 2.45) is 0 Å². The zero-order valence-corrected chi connectivity index (χ0v) is 12.3. The van der Waals surface area contributed by atoms with E-state index < -0.39 is 8.56 Å². The molecule has 0 aromatic carbocycles. The van der Waals surface area contributed by atoms with E-state index in [9.17, 15) is 0 Å².